The molecule has 8 heteroatoms. The maximum absolute atomic E-state index is 11.7. The Hall–Kier alpha value is -3.59. The topological polar surface area (TPSA) is 130 Å². The van der Waals surface area contributed by atoms with Gasteiger partial charge in [0.25, 0.3) is 0 Å². The smallest absolute Gasteiger partial charge is 0.361 e. The quantitative estimate of drug-likeness (QED) is 0.329. The number of methoxy groups -OCH3 is 1. The first-order valence-electron chi connectivity index (χ1n) is 9.64. The predicted octanol–water partition coefficient (Wildman–Crippen LogP) is 1.59. The summed E-state index contributed by atoms with van der Waals surface area (Å²) in [6, 6.07) is 31.5. The van der Waals surface area contributed by atoms with Gasteiger partial charge < -0.3 is 4.74 Å². The van der Waals surface area contributed by atoms with E-state index >= 15 is 0 Å². The van der Waals surface area contributed by atoms with Crippen molar-refractivity contribution >= 4 is 5.97 Å². The van der Waals surface area contributed by atoms with Crippen LogP contribution in [0.15, 0.2) is 101 Å². The van der Waals surface area contributed by atoms with Crippen molar-refractivity contribution in [3.63, 3.8) is 0 Å². The zero-order chi connectivity index (χ0) is 23.8. The molecule has 168 valence electrons. The van der Waals surface area contributed by atoms with Crippen molar-refractivity contribution in [1.29, 1.82) is 0 Å². The van der Waals surface area contributed by atoms with E-state index < -0.39 is 10.2 Å². The van der Waals surface area contributed by atoms with Crippen molar-refractivity contribution < 1.29 is 42.8 Å². The summed E-state index contributed by atoms with van der Waals surface area (Å²) in [5.41, 5.74) is 4.55. The summed E-state index contributed by atoms with van der Waals surface area (Å²) in [7, 11) is -3.56. The number of esters is 1. The second-order valence-electron chi connectivity index (χ2n) is 6.75. The normalized spacial score (nSPS) is 10.7. The summed E-state index contributed by atoms with van der Waals surface area (Å²) in [6.07, 6.45) is 0. The molecule has 0 aliphatic rings. The van der Waals surface area contributed by atoms with Gasteiger partial charge in [-0.05, 0) is 42.0 Å². The van der Waals surface area contributed by atoms with E-state index in [0.717, 1.165) is 33.8 Å². The van der Waals surface area contributed by atoms with Crippen molar-refractivity contribution in [1.82, 2.24) is 0 Å². The van der Waals surface area contributed by atoms with Gasteiger partial charge in [-0.2, -0.15) is 0 Å². The van der Waals surface area contributed by atoms with E-state index in [1.54, 1.807) is 12.1 Å². The van der Waals surface area contributed by atoms with Gasteiger partial charge >= 0.3 is 17.5 Å². The summed E-state index contributed by atoms with van der Waals surface area (Å²) in [4.78, 5) is 11.7. The maximum Gasteiger partial charge on any atom is 0.361 e. The van der Waals surface area contributed by atoms with E-state index in [2.05, 4.69) is 0 Å². The number of hydrogen-bond donors (Lipinski definition) is 0. The van der Waals surface area contributed by atoms with Crippen molar-refractivity contribution in [3.05, 3.63) is 103 Å². The fourth-order valence-electron chi connectivity index (χ4n) is 3.07. The number of carbonyl (C=O) groups excluding carboxylic acids is 1. The van der Waals surface area contributed by atoms with Crippen LogP contribution in [0.1, 0.15) is 10.4 Å². The van der Waals surface area contributed by atoms with Gasteiger partial charge in [0.05, 0.1) is 35.9 Å². The molecule has 0 unspecified atom stereocenters. The van der Waals surface area contributed by atoms with Gasteiger partial charge in [0.15, 0.2) is 0 Å². The molecule has 0 radical (unpaired) electrons. The van der Waals surface area contributed by atoms with E-state index in [4.69, 9.17) is 27.8 Å². The lowest BCUT2D eigenvalue weighted by molar-refractivity contribution is -2.00. The molecule has 3 aromatic carbocycles. The molecule has 0 spiro atoms. The van der Waals surface area contributed by atoms with Gasteiger partial charge in [-0.1, -0.05) is 48.5 Å². The molecule has 4 aromatic rings. The van der Waals surface area contributed by atoms with Crippen LogP contribution in [0.25, 0.3) is 33.8 Å². The summed E-state index contributed by atoms with van der Waals surface area (Å²) in [6.45, 7) is 0. The maximum atomic E-state index is 11.7. The average molecular weight is 467 g/mol. The van der Waals surface area contributed by atoms with Gasteiger partial charge in [0.1, 0.15) is 0 Å². The molecule has 0 saturated heterocycles. The third-order valence-corrected chi connectivity index (χ3v) is 4.55. The summed E-state index contributed by atoms with van der Waals surface area (Å²) < 4.78 is 45.0. The van der Waals surface area contributed by atoms with Gasteiger partial charge in [0.2, 0.25) is 0 Å². The van der Waals surface area contributed by atoms with E-state index in [9.17, 15) is 4.79 Å². The molecular weight excluding hydrogens is 448 g/mol. The van der Waals surface area contributed by atoms with Crippen LogP contribution in [0.3, 0.4) is 0 Å². The Labute approximate surface area is 192 Å². The van der Waals surface area contributed by atoms with E-state index in [-0.39, 0.29) is 5.97 Å². The Kier molecular flexibility index (Phi) is 7.89. The van der Waals surface area contributed by atoms with Crippen molar-refractivity contribution in [2.75, 3.05) is 7.11 Å². The molecule has 0 fully saturated rings. The van der Waals surface area contributed by atoms with Crippen LogP contribution in [0, 0.1) is 10.2 Å². The summed E-state index contributed by atoms with van der Waals surface area (Å²) >= 11 is 0. The minimum atomic E-state index is -4.94. The van der Waals surface area contributed by atoms with Gasteiger partial charge in [0, 0.05) is 5.56 Å². The monoisotopic (exact) mass is 466 g/mol. The molecule has 0 aliphatic carbocycles. The van der Waals surface area contributed by atoms with Crippen LogP contribution in [-0.2, 0) is 4.74 Å². The Morgan fingerprint density at radius 1 is 0.667 bits per heavy atom. The molecule has 0 amide bonds. The Bertz CT molecular complexity index is 1130. The van der Waals surface area contributed by atoms with Crippen LogP contribution in [0.4, 0.5) is 0 Å². The van der Waals surface area contributed by atoms with E-state index in [1.165, 1.54) is 7.11 Å². The highest BCUT2D eigenvalue weighted by molar-refractivity contribution is 5.90. The van der Waals surface area contributed by atoms with Crippen molar-refractivity contribution in [3.8, 4) is 33.8 Å². The summed E-state index contributed by atoms with van der Waals surface area (Å²) in [5, 5.41) is 0. The molecule has 1 heterocycles. The average Bonchev–Trinajstić information content (AvgIpc) is 2.83. The third-order valence-electron chi connectivity index (χ3n) is 4.55. The molecule has 0 saturated carbocycles. The molecule has 0 aliphatic heterocycles. The van der Waals surface area contributed by atoms with Crippen LogP contribution >= 0.6 is 0 Å². The highest BCUT2D eigenvalue weighted by atomic mass is 35.7. The number of halogens is 1. The molecule has 4 rings (SSSR count). The Morgan fingerprint density at radius 3 is 1.48 bits per heavy atom. The van der Waals surface area contributed by atoms with Crippen LogP contribution in [0.5, 0.6) is 0 Å². The van der Waals surface area contributed by atoms with Crippen LogP contribution in [-0.4, -0.2) is 13.1 Å². The second kappa shape index (κ2) is 10.8. The highest BCUT2D eigenvalue weighted by Crippen LogP contribution is 2.32. The van der Waals surface area contributed by atoms with Gasteiger partial charge in [-0.15, -0.1) is 10.2 Å². The molecule has 0 N–H and O–H groups in total. The number of benzene rings is 3. The fourth-order valence-corrected chi connectivity index (χ4v) is 3.07. The largest absolute Gasteiger partial charge is 0.465 e. The molecular formula is C25H19ClO7. The highest BCUT2D eigenvalue weighted by Gasteiger charge is 2.20. The minimum Gasteiger partial charge on any atom is -0.465 e. The third kappa shape index (κ3) is 7.21. The lowest BCUT2D eigenvalue weighted by Crippen LogP contribution is -2.68. The first-order chi connectivity index (χ1) is 15.7. The molecule has 7 nitrogen and oxygen atoms in total. The first-order valence-corrected chi connectivity index (χ1v) is 10.9. The predicted molar refractivity (Wildman–Crippen MR) is 111 cm³/mol. The Balaban J connectivity index is 0.000000555. The molecule has 1 aromatic heterocycles. The van der Waals surface area contributed by atoms with Gasteiger partial charge in [-0.3, -0.25) is 0 Å². The standard InChI is InChI=1S/C25H19O3.ClHO4/c1-27-25(26)21-14-12-18(13-15-21)22-16-23(19-8-4-2-5-9-19)28-24(17-22)20-10-6-3-7-11-20;2-1(3,4)5/h2-17H,1H3;(H,2,3,4,5)/q+1;/p-1. The second-order valence-corrected chi connectivity index (χ2v) is 7.51. The first kappa shape index (κ1) is 24.1. The lowest BCUT2D eigenvalue weighted by Gasteiger charge is -2.17. The zero-order valence-electron chi connectivity index (χ0n) is 17.5. The van der Waals surface area contributed by atoms with Crippen LogP contribution < -0.4 is 18.6 Å². The molecule has 0 bridgehead atoms. The Morgan fingerprint density at radius 2 is 1.09 bits per heavy atom. The van der Waals surface area contributed by atoms with Crippen LogP contribution in [0.2, 0.25) is 0 Å². The summed E-state index contributed by atoms with van der Waals surface area (Å²) in [5.74, 6) is 1.23. The zero-order valence-corrected chi connectivity index (χ0v) is 18.2. The van der Waals surface area contributed by atoms with E-state index in [0.29, 0.717) is 5.56 Å². The minimum absolute atomic E-state index is 0.343. The SMILES string of the molecule is COC(=O)c1ccc(-c2cc(-c3ccccc3)[o+]c(-c3ccccc3)c2)cc1.[O-][Cl+3]([O-])([O-])[O-]. The molecule has 33 heavy (non-hydrogen) atoms. The van der Waals surface area contributed by atoms with Crippen molar-refractivity contribution in [2.45, 2.75) is 0 Å². The van der Waals surface area contributed by atoms with E-state index in [1.807, 2.05) is 84.9 Å². The molecule has 0 atom stereocenters. The number of hydrogen-bond acceptors (Lipinski definition) is 6. The number of ether oxygens (including phenoxy) is 1. The van der Waals surface area contributed by atoms with Gasteiger partial charge in [-0.25, -0.2) is 27.8 Å². The fraction of sp³-hybridized carbons (Fsp3) is 0.0400. The van der Waals surface area contributed by atoms with Crippen molar-refractivity contribution in [2.24, 2.45) is 0 Å². The number of rotatable bonds is 4. The number of carbonyl (C=O) groups is 1. The lowest BCUT2D eigenvalue weighted by atomic mass is 10.0.